The third-order valence-corrected chi connectivity index (χ3v) is 2.96. The molecular weight excluding hydrogens is 228 g/mol. The number of nitrogens with one attached hydrogen (secondary N) is 1. The lowest BCUT2D eigenvalue weighted by Crippen LogP contribution is -2.26. The molecule has 0 aromatic carbocycles. The fraction of sp³-hybridized carbons (Fsp3) is 0.500. The van der Waals surface area contributed by atoms with E-state index in [0.717, 1.165) is 37.3 Å². The smallest absolute Gasteiger partial charge is 0.218 e. The zero-order valence-corrected chi connectivity index (χ0v) is 11.0. The summed E-state index contributed by atoms with van der Waals surface area (Å²) in [6, 6.07) is 3.97. The predicted octanol–water partition coefficient (Wildman–Crippen LogP) is 2.44. The van der Waals surface area contributed by atoms with Crippen molar-refractivity contribution >= 4 is 0 Å². The number of nitrogens with zero attached hydrogens (tertiary/aromatic N) is 1. The molecule has 0 amide bonds. The molecule has 1 aliphatic heterocycles. The summed E-state index contributed by atoms with van der Waals surface area (Å²) in [4.78, 5) is 4.25. The molecule has 2 rings (SSSR count). The number of hydrogen-bond donors (Lipinski definition) is 1. The quantitative estimate of drug-likeness (QED) is 0.869. The Kier molecular flexibility index (Phi) is 4.59. The van der Waals surface area contributed by atoms with Crippen molar-refractivity contribution in [3.05, 3.63) is 35.7 Å². The summed E-state index contributed by atoms with van der Waals surface area (Å²) in [5.74, 6) is 1.63. The van der Waals surface area contributed by atoms with Crippen LogP contribution in [0.1, 0.15) is 31.4 Å². The summed E-state index contributed by atoms with van der Waals surface area (Å²) in [5, 5.41) is 3.43. The van der Waals surface area contributed by atoms with Crippen LogP contribution in [0.25, 0.3) is 0 Å². The molecule has 0 fully saturated rings. The predicted molar refractivity (Wildman–Crippen MR) is 70.5 cm³/mol. The number of pyridine rings is 1. The van der Waals surface area contributed by atoms with Gasteiger partial charge in [0.25, 0.3) is 0 Å². The molecule has 2 heterocycles. The Hall–Kier alpha value is -1.55. The Balaban J connectivity index is 2.31. The highest BCUT2D eigenvalue weighted by atomic mass is 16.5. The zero-order valence-electron chi connectivity index (χ0n) is 11.0. The van der Waals surface area contributed by atoms with E-state index in [1.165, 1.54) is 0 Å². The number of allylic oxidation sites excluding steroid dienone is 1. The fourth-order valence-corrected chi connectivity index (χ4v) is 2.14. The Bertz CT molecular complexity index is 418. The van der Waals surface area contributed by atoms with Crippen LogP contribution in [0.2, 0.25) is 0 Å². The molecule has 0 saturated heterocycles. The Morgan fingerprint density at radius 2 is 2.44 bits per heavy atom. The van der Waals surface area contributed by atoms with Crippen molar-refractivity contribution < 1.29 is 9.47 Å². The number of rotatable bonds is 5. The van der Waals surface area contributed by atoms with Crippen LogP contribution in [0.4, 0.5) is 0 Å². The fourth-order valence-electron chi connectivity index (χ4n) is 2.14. The van der Waals surface area contributed by atoms with E-state index in [1.54, 1.807) is 13.3 Å². The first-order chi connectivity index (χ1) is 8.86. The average molecular weight is 248 g/mol. The first-order valence-corrected chi connectivity index (χ1v) is 6.42. The molecule has 1 N–H and O–H groups in total. The summed E-state index contributed by atoms with van der Waals surface area (Å²) in [7, 11) is 1.64. The minimum atomic E-state index is 0.0268. The maximum absolute atomic E-state index is 5.76. The maximum Gasteiger partial charge on any atom is 0.218 e. The van der Waals surface area contributed by atoms with E-state index in [-0.39, 0.29) is 6.04 Å². The lowest BCUT2D eigenvalue weighted by atomic mass is 10.0. The summed E-state index contributed by atoms with van der Waals surface area (Å²) in [6.07, 6.45) is 6.05. The topological polar surface area (TPSA) is 43.4 Å². The SMILES string of the molecule is CCNC(C1=CCCCO1)c1cccnc1OC. The minimum absolute atomic E-state index is 0.0268. The van der Waals surface area contributed by atoms with E-state index < -0.39 is 0 Å². The van der Waals surface area contributed by atoms with Crippen molar-refractivity contribution in [3.63, 3.8) is 0 Å². The molecule has 98 valence electrons. The number of methoxy groups -OCH3 is 1. The van der Waals surface area contributed by atoms with Crippen molar-refractivity contribution in [1.82, 2.24) is 10.3 Å². The number of aromatic nitrogens is 1. The lowest BCUT2D eigenvalue weighted by molar-refractivity contribution is 0.167. The third-order valence-electron chi connectivity index (χ3n) is 2.96. The van der Waals surface area contributed by atoms with Gasteiger partial charge in [0, 0.05) is 11.8 Å². The summed E-state index contributed by atoms with van der Waals surface area (Å²) >= 11 is 0. The Labute approximate surface area is 108 Å². The molecule has 4 nitrogen and oxygen atoms in total. The number of ether oxygens (including phenoxy) is 2. The van der Waals surface area contributed by atoms with Crippen molar-refractivity contribution in [2.75, 3.05) is 20.3 Å². The van der Waals surface area contributed by atoms with Crippen LogP contribution >= 0.6 is 0 Å². The maximum atomic E-state index is 5.76. The second kappa shape index (κ2) is 6.40. The number of hydrogen-bond acceptors (Lipinski definition) is 4. The highest BCUT2D eigenvalue weighted by Crippen LogP contribution is 2.30. The van der Waals surface area contributed by atoms with E-state index in [4.69, 9.17) is 9.47 Å². The first kappa shape index (κ1) is 12.9. The average Bonchev–Trinajstić information content (AvgIpc) is 2.46. The summed E-state index contributed by atoms with van der Waals surface area (Å²) < 4.78 is 11.1. The van der Waals surface area contributed by atoms with Crippen LogP contribution in [0, 0.1) is 0 Å². The van der Waals surface area contributed by atoms with E-state index in [0.29, 0.717) is 5.88 Å². The molecule has 0 spiro atoms. The van der Waals surface area contributed by atoms with Gasteiger partial charge in [-0.2, -0.15) is 0 Å². The lowest BCUT2D eigenvalue weighted by Gasteiger charge is -2.25. The van der Waals surface area contributed by atoms with Gasteiger partial charge in [-0.25, -0.2) is 4.98 Å². The van der Waals surface area contributed by atoms with Gasteiger partial charge < -0.3 is 14.8 Å². The van der Waals surface area contributed by atoms with Gasteiger partial charge in [-0.3, -0.25) is 0 Å². The zero-order chi connectivity index (χ0) is 12.8. The van der Waals surface area contributed by atoms with Gasteiger partial charge in [-0.05, 0) is 31.5 Å². The summed E-state index contributed by atoms with van der Waals surface area (Å²) in [6.45, 7) is 3.74. The van der Waals surface area contributed by atoms with Gasteiger partial charge in [0.1, 0.15) is 5.76 Å². The van der Waals surface area contributed by atoms with Crippen LogP contribution in [0.5, 0.6) is 5.88 Å². The van der Waals surface area contributed by atoms with Crippen molar-refractivity contribution in [1.29, 1.82) is 0 Å². The molecule has 0 bridgehead atoms. The van der Waals surface area contributed by atoms with Gasteiger partial charge >= 0.3 is 0 Å². The van der Waals surface area contributed by atoms with Gasteiger partial charge in [-0.1, -0.05) is 13.0 Å². The molecule has 4 heteroatoms. The molecule has 1 atom stereocenters. The van der Waals surface area contributed by atoms with Crippen molar-refractivity contribution in [3.8, 4) is 5.88 Å². The van der Waals surface area contributed by atoms with Crippen LogP contribution in [0.15, 0.2) is 30.2 Å². The van der Waals surface area contributed by atoms with Crippen LogP contribution in [-0.4, -0.2) is 25.2 Å². The Morgan fingerprint density at radius 3 is 3.11 bits per heavy atom. The summed E-state index contributed by atoms with van der Waals surface area (Å²) in [5.41, 5.74) is 1.02. The van der Waals surface area contributed by atoms with Crippen LogP contribution in [-0.2, 0) is 4.74 Å². The largest absolute Gasteiger partial charge is 0.496 e. The van der Waals surface area contributed by atoms with E-state index in [1.807, 2.05) is 12.1 Å². The number of likely N-dealkylation sites (N-methyl/N-ethyl adjacent to an activating group) is 1. The monoisotopic (exact) mass is 248 g/mol. The van der Waals surface area contributed by atoms with Gasteiger partial charge in [0.15, 0.2) is 0 Å². The van der Waals surface area contributed by atoms with Crippen molar-refractivity contribution in [2.24, 2.45) is 0 Å². The third kappa shape index (κ3) is 2.82. The van der Waals surface area contributed by atoms with Gasteiger partial charge in [0.2, 0.25) is 5.88 Å². The standard InChI is InChI=1S/C14H20N2O2/c1-3-15-13(12-8-4-5-10-18-12)11-7-6-9-16-14(11)17-2/h6-9,13,15H,3-5,10H2,1-2H3. The van der Waals surface area contributed by atoms with E-state index >= 15 is 0 Å². The van der Waals surface area contributed by atoms with Crippen molar-refractivity contribution in [2.45, 2.75) is 25.8 Å². The molecule has 18 heavy (non-hydrogen) atoms. The molecule has 0 aliphatic carbocycles. The van der Waals surface area contributed by atoms with Gasteiger partial charge in [-0.15, -0.1) is 0 Å². The molecule has 1 unspecified atom stereocenters. The van der Waals surface area contributed by atoms with E-state index in [9.17, 15) is 0 Å². The molecule has 1 aromatic heterocycles. The van der Waals surface area contributed by atoms with E-state index in [2.05, 4.69) is 23.3 Å². The Morgan fingerprint density at radius 1 is 1.56 bits per heavy atom. The highest BCUT2D eigenvalue weighted by Gasteiger charge is 2.22. The normalized spacial score (nSPS) is 16.7. The molecule has 0 radical (unpaired) electrons. The second-order valence-corrected chi connectivity index (χ2v) is 4.19. The molecular formula is C14H20N2O2. The van der Waals surface area contributed by atoms with Crippen LogP contribution < -0.4 is 10.1 Å². The highest BCUT2D eigenvalue weighted by molar-refractivity contribution is 5.34. The van der Waals surface area contributed by atoms with Crippen LogP contribution in [0.3, 0.4) is 0 Å². The second-order valence-electron chi connectivity index (χ2n) is 4.19. The first-order valence-electron chi connectivity index (χ1n) is 6.42. The molecule has 1 aromatic rings. The molecule has 0 saturated carbocycles. The minimum Gasteiger partial charge on any atom is -0.496 e. The van der Waals surface area contributed by atoms with Gasteiger partial charge in [0.05, 0.1) is 19.8 Å². The molecule has 1 aliphatic rings.